The van der Waals surface area contributed by atoms with Crippen LogP contribution in [0, 0.1) is 0 Å². The first kappa shape index (κ1) is 12.9. The SMILES string of the molecule is CCCNc1cccc(Cl)c1Cl.Cl. The van der Waals surface area contributed by atoms with Gasteiger partial charge < -0.3 is 5.32 Å². The Morgan fingerprint density at radius 3 is 2.62 bits per heavy atom. The molecule has 1 aromatic carbocycles. The lowest BCUT2D eigenvalue weighted by atomic mass is 10.3. The van der Waals surface area contributed by atoms with Gasteiger partial charge in [-0.25, -0.2) is 0 Å². The standard InChI is InChI=1S/C9H11Cl2N.ClH/c1-2-6-12-8-5-3-4-7(10)9(8)11;/h3-5,12H,2,6H2,1H3;1H. The number of rotatable bonds is 3. The first-order valence-corrected chi connectivity index (χ1v) is 4.69. The highest BCUT2D eigenvalue weighted by atomic mass is 35.5. The highest BCUT2D eigenvalue weighted by Gasteiger charge is 2.01. The number of nitrogens with one attached hydrogen (secondary N) is 1. The van der Waals surface area contributed by atoms with E-state index in [9.17, 15) is 0 Å². The van der Waals surface area contributed by atoms with Gasteiger partial charge in [0, 0.05) is 6.54 Å². The van der Waals surface area contributed by atoms with Crippen LogP contribution in [-0.2, 0) is 0 Å². The van der Waals surface area contributed by atoms with Crippen LogP contribution in [0.3, 0.4) is 0 Å². The predicted octanol–water partition coefficient (Wildman–Crippen LogP) is 4.24. The second kappa shape index (κ2) is 6.36. The predicted molar refractivity (Wildman–Crippen MR) is 62.5 cm³/mol. The largest absolute Gasteiger partial charge is 0.384 e. The fraction of sp³-hybridized carbons (Fsp3) is 0.333. The molecule has 74 valence electrons. The normalized spacial score (nSPS) is 9.15. The maximum absolute atomic E-state index is 5.93. The van der Waals surface area contributed by atoms with Crippen molar-refractivity contribution in [3.63, 3.8) is 0 Å². The Labute approximate surface area is 94.8 Å². The molecule has 0 saturated heterocycles. The second-order valence-electron chi connectivity index (χ2n) is 2.53. The molecule has 13 heavy (non-hydrogen) atoms. The molecule has 0 aliphatic heterocycles. The molecule has 0 amide bonds. The molecule has 4 heteroatoms. The van der Waals surface area contributed by atoms with Gasteiger partial charge in [-0.3, -0.25) is 0 Å². The Morgan fingerprint density at radius 1 is 1.31 bits per heavy atom. The lowest BCUT2D eigenvalue weighted by molar-refractivity contribution is 0.980. The van der Waals surface area contributed by atoms with Crippen molar-refractivity contribution >= 4 is 41.3 Å². The molecule has 0 saturated carbocycles. The summed E-state index contributed by atoms with van der Waals surface area (Å²) in [6.07, 6.45) is 1.07. The third kappa shape index (κ3) is 3.63. The molecule has 0 bridgehead atoms. The number of hydrogen-bond donors (Lipinski definition) is 1. The third-order valence-electron chi connectivity index (χ3n) is 1.52. The summed E-state index contributed by atoms with van der Waals surface area (Å²) < 4.78 is 0. The van der Waals surface area contributed by atoms with E-state index in [1.54, 1.807) is 6.07 Å². The summed E-state index contributed by atoms with van der Waals surface area (Å²) in [7, 11) is 0. The van der Waals surface area contributed by atoms with Crippen molar-refractivity contribution in [1.82, 2.24) is 0 Å². The fourth-order valence-corrected chi connectivity index (χ4v) is 1.27. The summed E-state index contributed by atoms with van der Waals surface area (Å²) in [6, 6.07) is 5.58. The van der Waals surface area contributed by atoms with Gasteiger partial charge in [-0.15, -0.1) is 12.4 Å². The second-order valence-corrected chi connectivity index (χ2v) is 3.31. The van der Waals surface area contributed by atoms with Crippen molar-refractivity contribution in [2.45, 2.75) is 13.3 Å². The Morgan fingerprint density at radius 2 is 2.00 bits per heavy atom. The Hall–Kier alpha value is -0.110. The molecular formula is C9H12Cl3N. The number of hydrogen-bond acceptors (Lipinski definition) is 1. The van der Waals surface area contributed by atoms with Crippen LogP contribution >= 0.6 is 35.6 Å². The van der Waals surface area contributed by atoms with Crippen molar-refractivity contribution in [2.75, 3.05) is 11.9 Å². The maximum atomic E-state index is 5.93. The highest BCUT2D eigenvalue weighted by molar-refractivity contribution is 6.43. The van der Waals surface area contributed by atoms with Gasteiger partial charge >= 0.3 is 0 Å². The zero-order chi connectivity index (χ0) is 8.97. The molecule has 0 fully saturated rings. The number of anilines is 1. The quantitative estimate of drug-likeness (QED) is 0.833. The van der Waals surface area contributed by atoms with Gasteiger partial charge in [-0.2, -0.15) is 0 Å². The summed E-state index contributed by atoms with van der Waals surface area (Å²) in [6.45, 7) is 3.02. The molecule has 0 atom stereocenters. The van der Waals surface area contributed by atoms with Crippen LogP contribution in [0.2, 0.25) is 10.0 Å². The topological polar surface area (TPSA) is 12.0 Å². The fourth-order valence-electron chi connectivity index (χ4n) is 0.900. The maximum Gasteiger partial charge on any atom is 0.0823 e. The van der Waals surface area contributed by atoms with Crippen molar-refractivity contribution in [1.29, 1.82) is 0 Å². The minimum Gasteiger partial charge on any atom is -0.384 e. The van der Waals surface area contributed by atoms with E-state index < -0.39 is 0 Å². The number of halogens is 3. The van der Waals surface area contributed by atoms with Gasteiger partial charge in [0.05, 0.1) is 15.7 Å². The van der Waals surface area contributed by atoms with E-state index in [1.807, 2.05) is 12.1 Å². The van der Waals surface area contributed by atoms with Gasteiger partial charge in [-0.1, -0.05) is 36.2 Å². The summed E-state index contributed by atoms with van der Waals surface area (Å²) in [5, 5.41) is 4.39. The van der Waals surface area contributed by atoms with E-state index in [2.05, 4.69) is 12.2 Å². The average Bonchev–Trinajstić information content (AvgIpc) is 2.08. The molecule has 0 radical (unpaired) electrons. The minimum absolute atomic E-state index is 0. The van der Waals surface area contributed by atoms with E-state index in [-0.39, 0.29) is 12.4 Å². The van der Waals surface area contributed by atoms with E-state index in [1.165, 1.54) is 0 Å². The molecule has 0 aliphatic carbocycles. The molecule has 1 rings (SSSR count). The minimum atomic E-state index is 0. The summed E-state index contributed by atoms with van der Waals surface area (Å²) in [5.74, 6) is 0. The van der Waals surface area contributed by atoms with Crippen molar-refractivity contribution in [2.24, 2.45) is 0 Å². The molecule has 0 spiro atoms. The summed E-state index contributed by atoms with van der Waals surface area (Å²) in [5.41, 5.74) is 0.908. The van der Waals surface area contributed by atoms with Gasteiger partial charge in [-0.05, 0) is 18.6 Å². The summed E-state index contributed by atoms with van der Waals surface area (Å²) >= 11 is 11.8. The average molecular weight is 241 g/mol. The lowest BCUT2D eigenvalue weighted by Crippen LogP contribution is -1.99. The van der Waals surface area contributed by atoms with Crippen LogP contribution in [0.15, 0.2) is 18.2 Å². The Bertz CT molecular complexity index is 263. The smallest absolute Gasteiger partial charge is 0.0823 e. The number of benzene rings is 1. The Kier molecular flexibility index (Phi) is 6.31. The first-order valence-electron chi connectivity index (χ1n) is 3.93. The van der Waals surface area contributed by atoms with Crippen molar-refractivity contribution in [3.05, 3.63) is 28.2 Å². The van der Waals surface area contributed by atoms with E-state index >= 15 is 0 Å². The first-order chi connectivity index (χ1) is 5.75. The van der Waals surface area contributed by atoms with E-state index in [4.69, 9.17) is 23.2 Å². The molecule has 1 N–H and O–H groups in total. The van der Waals surface area contributed by atoms with E-state index in [0.717, 1.165) is 18.7 Å². The lowest BCUT2D eigenvalue weighted by Gasteiger charge is -2.07. The van der Waals surface area contributed by atoms with E-state index in [0.29, 0.717) is 10.0 Å². The van der Waals surface area contributed by atoms with Gasteiger partial charge in [0.25, 0.3) is 0 Å². The van der Waals surface area contributed by atoms with Crippen LogP contribution in [0.4, 0.5) is 5.69 Å². The van der Waals surface area contributed by atoms with Gasteiger partial charge in [0.15, 0.2) is 0 Å². The van der Waals surface area contributed by atoms with Crippen LogP contribution in [-0.4, -0.2) is 6.54 Å². The molecule has 0 heterocycles. The van der Waals surface area contributed by atoms with Crippen LogP contribution in [0.5, 0.6) is 0 Å². The molecule has 1 nitrogen and oxygen atoms in total. The van der Waals surface area contributed by atoms with Crippen molar-refractivity contribution < 1.29 is 0 Å². The molecular weight excluding hydrogens is 228 g/mol. The van der Waals surface area contributed by atoms with Crippen LogP contribution in [0.25, 0.3) is 0 Å². The van der Waals surface area contributed by atoms with Gasteiger partial charge in [0.2, 0.25) is 0 Å². The molecule has 1 aromatic rings. The van der Waals surface area contributed by atoms with Gasteiger partial charge in [0.1, 0.15) is 0 Å². The summed E-state index contributed by atoms with van der Waals surface area (Å²) in [4.78, 5) is 0. The van der Waals surface area contributed by atoms with Crippen LogP contribution in [0.1, 0.15) is 13.3 Å². The molecule has 0 aromatic heterocycles. The highest BCUT2D eigenvalue weighted by Crippen LogP contribution is 2.29. The Balaban J connectivity index is 0.00000144. The molecule has 0 unspecified atom stereocenters. The molecule has 0 aliphatic rings. The van der Waals surface area contributed by atoms with Crippen LogP contribution < -0.4 is 5.32 Å². The monoisotopic (exact) mass is 239 g/mol. The van der Waals surface area contributed by atoms with Crippen molar-refractivity contribution in [3.8, 4) is 0 Å². The zero-order valence-electron chi connectivity index (χ0n) is 7.31. The zero-order valence-corrected chi connectivity index (χ0v) is 9.64. The third-order valence-corrected chi connectivity index (χ3v) is 2.34.